The summed E-state index contributed by atoms with van der Waals surface area (Å²) >= 11 is 7.35. The Kier molecular flexibility index (Phi) is 4.32. The molecule has 1 aliphatic carbocycles. The minimum Gasteiger partial charge on any atom is -0.450 e. The highest BCUT2D eigenvalue weighted by atomic mass is 35.5. The summed E-state index contributed by atoms with van der Waals surface area (Å²) in [6.07, 6.45) is 2.38. The normalized spacial score (nSPS) is 14.5. The number of aryl methyl sites for hydroxylation is 2. The van der Waals surface area contributed by atoms with Crippen LogP contribution in [0, 0.1) is 0 Å². The molecular weight excluding hydrogens is 320 g/mol. The fourth-order valence-electron chi connectivity index (χ4n) is 2.58. The van der Waals surface area contributed by atoms with Crippen molar-refractivity contribution in [3.63, 3.8) is 0 Å². The summed E-state index contributed by atoms with van der Waals surface area (Å²) in [6.45, 7) is 1.59. The highest BCUT2D eigenvalue weighted by Gasteiger charge is 2.24. The third-order valence-electron chi connectivity index (χ3n) is 3.71. The molecule has 1 aromatic carbocycles. The van der Waals surface area contributed by atoms with Crippen LogP contribution in [0.2, 0.25) is 5.02 Å². The molecule has 22 heavy (non-hydrogen) atoms. The first-order valence-corrected chi connectivity index (χ1v) is 8.36. The van der Waals surface area contributed by atoms with Gasteiger partial charge in [-0.2, -0.15) is 0 Å². The number of benzene rings is 1. The Morgan fingerprint density at radius 3 is 2.82 bits per heavy atom. The molecule has 114 valence electrons. The average molecular weight is 335 g/mol. The number of fused-ring (bicyclic) bond motifs is 1. The molecule has 1 heterocycles. The summed E-state index contributed by atoms with van der Waals surface area (Å²) < 4.78 is 5.31. The molecule has 0 amide bonds. The Labute approximate surface area is 137 Å². The number of rotatable bonds is 4. The van der Waals surface area contributed by atoms with Gasteiger partial charge in [0.15, 0.2) is 6.10 Å². The van der Waals surface area contributed by atoms with Crippen LogP contribution < -0.4 is 0 Å². The minimum absolute atomic E-state index is 0.250. The van der Waals surface area contributed by atoms with Crippen molar-refractivity contribution >= 4 is 34.7 Å². The van der Waals surface area contributed by atoms with Gasteiger partial charge in [0, 0.05) is 15.5 Å². The van der Waals surface area contributed by atoms with Crippen molar-refractivity contribution in [2.45, 2.75) is 32.3 Å². The minimum atomic E-state index is -0.831. The fourth-order valence-corrected chi connectivity index (χ4v) is 3.91. The lowest BCUT2D eigenvalue weighted by Crippen LogP contribution is -2.24. The molecule has 3 nitrogen and oxygen atoms in total. The summed E-state index contributed by atoms with van der Waals surface area (Å²) in [5.41, 5.74) is 1.69. The zero-order valence-electron chi connectivity index (χ0n) is 12.1. The molecule has 0 bridgehead atoms. The van der Waals surface area contributed by atoms with E-state index in [0.717, 1.165) is 19.3 Å². The van der Waals surface area contributed by atoms with Crippen molar-refractivity contribution in [2.75, 3.05) is 0 Å². The predicted octanol–water partition coefficient (Wildman–Crippen LogP) is 4.32. The first-order valence-electron chi connectivity index (χ1n) is 7.17. The van der Waals surface area contributed by atoms with Crippen LogP contribution in [-0.4, -0.2) is 17.9 Å². The molecule has 1 aromatic heterocycles. The van der Waals surface area contributed by atoms with E-state index in [0.29, 0.717) is 15.5 Å². The van der Waals surface area contributed by atoms with Crippen LogP contribution in [-0.2, 0) is 17.6 Å². The lowest BCUT2D eigenvalue weighted by atomic mass is 10.1. The molecule has 3 rings (SSSR count). The van der Waals surface area contributed by atoms with Crippen LogP contribution in [0.25, 0.3) is 0 Å². The Morgan fingerprint density at radius 1 is 1.27 bits per heavy atom. The molecule has 0 radical (unpaired) electrons. The van der Waals surface area contributed by atoms with Crippen molar-refractivity contribution in [1.82, 2.24) is 0 Å². The third-order valence-corrected chi connectivity index (χ3v) is 5.16. The number of hydrogen-bond donors (Lipinski definition) is 0. The Hall–Kier alpha value is -1.65. The smallest absolute Gasteiger partial charge is 0.349 e. The maximum Gasteiger partial charge on any atom is 0.349 e. The van der Waals surface area contributed by atoms with Crippen LogP contribution in [0.1, 0.15) is 43.8 Å². The van der Waals surface area contributed by atoms with Gasteiger partial charge in [-0.3, -0.25) is 4.79 Å². The molecular formula is C17H15ClO3S. The molecule has 2 aromatic rings. The van der Waals surface area contributed by atoms with E-state index in [1.807, 2.05) is 6.07 Å². The van der Waals surface area contributed by atoms with E-state index in [1.54, 1.807) is 31.2 Å². The van der Waals surface area contributed by atoms with Gasteiger partial charge in [0.2, 0.25) is 5.78 Å². The standard InChI is InChI=1S/C17H15ClO3S/c1-10(16(19)12-5-2-6-13(18)8-12)21-17(20)15-9-11-4-3-7-14(11)22-15/h2,5-6,8-10H,3-4,7H2,1H3. The molecule has 0 fully saturated rings. The molecule has 5 heteroatoms. The average Bonchev–Trinajstić information content (AvgIpc) is 3.07. The fraction of sp³-hybridized carbons (Fsp3) is 0.294. The maximum absolute atomic E-state index is 12.3. The van der Waals surface area contributed by atoms with E-state index in [1.165, 1.54) is 21.8 Å². The molecule has 1 aliphatic rings. The van der Waals surface area contributed by atoms with Crippen LogP contribution in [0.4, 0.5) is 0 Å². The van der Waals surface area contributed by atoms with E-state index < -0.39 is 12.1 Å². The van der Waals surface area contributed by atoms with E-state index >= 15 is 0 Å². The lowest BCUT2D eigenvalue weighted by molar-refractivity contribution is 0.0323. The molecule has 0 saturated carbocycles. The number of thiophene rings is 1. The highest BCUT2D eigenvalue weighted by molar-refractivity contribution is 7.14. The van der Waals surface area contributed by atoms with Crippen LogP contribution in [0.5, 0.6) is 0 Å². The molecule has 0 spiro atoms. The van der Waals surface area contributed by atoms with Crippen molar-refractivity contribution < 1.29 is 14.3 Å². The third kappa shape index (κ3) is 3.08. The first-order chi connectivity index (χ1) is 10.5. The van der Waals surface area contributed by atoms with Gasteiger partial charge in [-0.15, -0.1) is 11.3 Å². The topological polar surface area (TPSA) is 43.4 Å². The van der Waals surface area contributed by atoms with Gasteiger partial charge < -0.3 is 4.74 Å². The van der Waals surface area contributed by atoms with Gasteiger partial charge >= 0.3 is 5.97 Å². The monoisotopic (exact) mass is 334 g/mol. The van der Waals surface area contributed by atoms with E-state index in [4.69, 9.17) is 16.3 Å². The van der Waals surface area contributed by atoms with Gasteiger partial charge in [-0.05, 0) is 49.9 Å². The highest BCUT2D eigenvalue weighted by Crippen LogP contribution is 2.31. The van der Waals surface area contributed by atoms with Crippen molar-refractivity contribution in [3.8, 4) is 0 Å². The van der Waals surface area contributed by atoms with Crippen LogP contribution >= 0.6 is 22.9 Å². The van der Waals surface area contributed by atoms with E-state index in [-0.39, 0.29) is 5.78 Å². The number of hydrogen-bond acceptors (Lipinski definition) is 4. The van der Waals surface area contributed by atoms with Gasteiger partial charge in [0.05, 0.1) is 0 Å². The van der Waals surface area contributed by atoms with Gasteiger partial charge in [-0.25, -0.2) is 4.79 Å². The van der Waals surface area contributed by atoms with Crippen LogP contribution in [0.3, 0.4) is 0 Å². The second kappa shape index (κ2) is 6.23. The van der Waals surface area contributed by atoms with E-state index in [9.17, 15) is 9.59 Å². The summed E-state index contributed by atoms with van der Waals surface area (Å²) in [7, 11) is 0. The number of halogens is 1. The molecule has 1 unspecified atom stereocenters. The number of Topliss-reactive ketones (excluding diaryl/α,β-unsaturated/α-hetero) is 1. The SMILES string of the molecule is CC(OC(=O)c1cc2c(s1)CCC2)C(=O)c1cccc(Cl)c1. The molecule has 0 saturated heterocycles. The van der Waals surface area contributed by atoms with Gasteiger partial charge in [0.25, 0.3) is 0 Å². The number of esters is 1. The number of ketones is 1. The molecule has 1 atom stereocenters. The largest absolute Gasteiger partial charge is 0.450 e. The van der Waals surface area contributed by atoms with Crippen molar-refractivity contribution in [1.29, 1.82) is 0 Å². The molecule has 0 N–H and O–H groups in total. The second-order valence-electron chi connectivity index (χ2n) is 5.33. The Balaban J connectivity index is 1.69. The van der Waals surface area contributed by atoms with E-state index in [2.05, 4.69) is 0 Å². The Morgan fingerprint density at radius 2 is 2.09 bits per heavy atom. The number of ether oxygens (including phenoxy) is 1. The van der Waals surface area contributed by atoms with Crippen LogP contribution in [0.15, 0.2) is 30.3 Å². The Bertz CT molecular complexity index is 714. The second-order valence-corrected chi connectivity index (χ2v) is 6.91. The molecule has 0 aliphatic heterocycles. The number of carbonyl (C=O) groups excluding carboxylic acids is 2. The van der Waals surface area contributed by atoms with Crippen molar-refractivity contribution in [3.05, 3.63) is 56.2 Å². The first kappa shape index (κ1) is 15.3. The summed E-state index contributed by atoms with van der Waals surface area (Å²) in [6, 6.07) is 8.54. The summed E-state index contributed by atoms with van der Waals surface area (Å²) in [4.78, 5) is 26.3. The quantitative estimate of drug-likeness (QED) is 0.618. The van der Waals surface area contributed by atoms with Crippen molar-refractivity contribution in [2.24, 2.45) is 0 Å². The predicted molar refractivity (Wildman–Crippen MR) is 87.0 cm³/mol. The maximum atomic E-state index is 12.3. The number of carbonyl (C=O) groups is 2. The summed E-state index contributed by atoms with van der Waals surface area (Å²) in [5, 5.41) is 0.485. The zero-order valence-corrected chi connectivity index (χ0v) is 13.7. The zero-order chi connectivity index (χ0) is 15.7. The lowest BCUT2D eigenvalue weighted by Gasteiger charge is -2.11. The summed E-state index contributed by atoms with van der Waals surface area (Å²) in [5.74, 6) is -0.678. The van der Waals surface area contributed by atoms with Gasteiger partial charge in [-0.1, -0.05) is 23.7 Å². The van der Waals surface area contributed by atoms with Gasteiger partial charge in [0.1, 0.15) is 4.88 Å².